The largest absolute Gasteiger partial charge is 0.456 e. The van der Waals surface area contributed by atoms with Crippen LogP contribution in [-0.2, 0) is 0 Å². The van der Waals surface area contributed by atoms with Crippen LogP contribution < -0.4 is 10.5 Å². The lowest BCUT2D eigenvalue weighted by atomic mass is 10.1. The Balaban J connectivity index is 2.37. The lowest BCUT2D eigenvalue weighted by molar-refractivity contribution is 0.466. The second kappa shape index (κ2) is 5.67. The topological polar surface area (TPSA) is 35.2 Å². The number of halogens is 2. The van der Waals surface area contributed by atoms with Crippen LogP contribution in [0, 0.1) is 9.39 Å². The summed E-state index contributed by atoms with van der Waals surface area (Å²) in [5.41, 5.74) is 6.49. The maximum Gasteiger partial charge on any atom is 0.140 e. The van der Waals surface area contributed by atoms with Gasteiger partial charge in [-0.1, -0.05) is 12.1 Å². The van der Waals surface area contributed by atoms with Gasteiger partial charge in [-0.05, 0) is 59.8 Å². The van der Waals surface area contributed by atoms with Gasteiger partial charge >= 0.3 is 0 Å². The fourth-order valence-corrected chi connectivity index (χ4v) is 2.11. The number of benzene rings is 2. The second-order valence-corrected chi connectivity index (χ2v) is 5.17. The highest BCUT2D eigenvalue weighted by atomic mass is 127. The first-order valence-corrected chi connectivity index (χ1v) is 6.63. The molecule has 1 atom stereocenters. The van der Waals surface area contributed by atoms with Gasteiger partial charge in [0.05, 0.1) is 3.57 Å². The number of para-hydroxylation sites is 1. The molecule has 2 nitrogen and oxygen atoms in total. The van der Waals surface area contributed by atoms with Crippen LogP contribution >= 0.6 is 22.6 Å². The van der Waals surface area contributed by atoms with Crippen molar-refractivity contribution in [1.82, 2.24) is 0 Å². The molecule has 0 radical (unpaired) electrons. The number of nitrogens with two attached hydrogens (primary N) is 1. The van der Waals surface area contributed by atoms with Crippen LogP contribution in [0.2, 0.25) is 0 Å². The number of rotatable bonds is 3. The molecule has 0 aliphatic carbocycles. The first kappa shape index (κ1) is 13.3. The lowest BCUT2D eigenvalue weighted by Crippen LogP contribution is -2.07. The quantitative estimate of drug-likeness (QED) is 0.834. The smallest absolute Gasteiger partial charge is 0.140 e. The van der Waals surface area contributed by atoms with Crippen LogP contribution in [0.25, 0.3) is 0 Å². The van der Waals surface area contributed by atoms with E-state index in [0.29, 0.717) is 11.3 Å². The van der Waals surface area contributed by atoms with Crippen molar-refractivity contribution in [3.8, 4) is 11.5 Å². The number of hydrogen-bond acceptors (Lipinski definition) is 2. The summed E-state index contributed by atoms with van der Waals surface area (Å²) in [6.45, 7) is 1.80. The summed E-state index contributed by atoms with van der Waals surface area (Å²) in [5.74, 6) is 1.03. The van der Waals surface area contributed by atoms with Crippen molar-refractivity contribution in [2.45, 2.75) is 13.0 Å². The molecule has 0 fully saturated rings. The minimum atomic E-state index is -0.308. The highest BCUT2D eigenvalue weighted by molar-refractivity contribution is 14.1. The van der Waals surface area contributed by atoms with Crippen molar-refractivity contribution in [3.05, 3.63) is 57.4 Å². The Morgan fingerprint density at radius 3 is 2.56 bits per heavy atom. The van der Waals surface area contributed by atoms with Crippen molar-refractivity contribution >= 4 is 22.6 Å². The molecule has 4 heteroatoms. The predicted molar refractivity (Wildman–Crippen MR) is 78.2 cm³/mol. The van der Waals surface area contributed by atoms with Crippen molar-refractivity contribution in [2.24, 2.45) is 5.73 Å². The third-order valence-electron chi connectivity index (χ3n) is 2.52. The van der Waals surface area contributed by atoms with E-state index >= 15 is 0 Å². The molecule has 0 bridgehead atoms. The van der Waals surface area contributed by atoms with E-state index in [1.54, 1.807) is 13.0 Å². The predicted octanol–water partition coefficient (Wildman–Crippen LogP) is 4.24. The molecule has 0 aliphatic heterocycles. The molecular weight excluding hydrogens is 344 g/mol. The highest BCUT2D eigenvalue weighted by Gasteiger charge is 2.11. The van der Waals surface area contributed by atoms with Gasteiger partial charge in [0.2, 0.25) is 0 Å². The molecule has 0 saturated heterocycles. The first-order chi connectivity index (χ1) is 8.58. The van der Waals surface area contributed by atoms with Crippen LogP contribution in [0.15, 0.2) is 42.5 Å². The summed E-state index contributed by atoms with van der Waals surface area (Å²) >= 11 is 2.19. The summed E-state index contributed by atoms with van der Waals surface area (Å²) in [7, 11) is 0. The minimum Gasteiger partial charge on any atom is -0.456 e. The Kier molecular flexibility index (Phi) is 4.19. The summed E-state index contributed by atoms with van der Waals surface area (Å²) < 4.78 is 20.0. The Labute approximate surface area is 119 Å². The van der Waals surface area contributed by atoms with Crippen LogP contribution in [0.1, 0.15) is 18.5 Å². The maximum absolute atomic E-state index is 13.2. The molecule has 2 aromatic rings. The molecule has 2 rings (SSSR count). The van der Waals surface area contributed by atoms with Crippen molar-refractivity contribution < 1.29 is 9.13 Å². The van der Waals surface area contributed by atoms with Gasteiger partial charge in [0.15, 0.2) is 0 Å². The van der Waals surface area contributed by atoms with Gasteiger partial charge in [-0.2, -0.15) is 0 Å². The van der Waals surface area contributed by atoms with Crippen molar-refractivity contribution in [1.29, 1.82) is 0 Å². The van der Waals surface area contributed by atoms with Gasteiger partial charge in [0.25, 0.3) is 0 Å². The van der Waals surface area contributed by atoms with Crippen LogP contribution in [-0.4, -0.2) is 0 Å². The molecule has 0 aromatic heterocycles. The van der Waals surface area contributed by atoms with Crippen LogP contribution in [0.4, 0.5) is 4.39 Å². The molecular formula is C14H13FINO. The van der Waals surface area contributed by atoms with Gasteiger partial charge in [-0.3, -0.25) is 0 Å². The van der Waals surface area contributed by atoms with E-state index in [2.05, 4.69) is 22.6 Å². The molecule has 0 saturated carbocycles. The first-order valence-electron chi connectivity index (χ1n) is 5.55. The Hall–Kier alpha value is -1.14. The second-order valence-electron chi connectivity index (χ2n) is 4.00. The van der Waals surface area contributed by atoms with Gasteiger partial charge in [0, 0.05) is 11.6 Å². The van der Waals surface area contributed by atoms with E-state index in [1.165, 1.54) is 12.1 Å². The zero-order valence-corrected chi connectivity index (χ0v) is 12.0. The van der Waals surface area contributed by atoms with Gasteiger partial charge in [-0.25, -0.2) is 4.39 Å². The molecule has 0 heterocycles. The van der Waals surface area contributed by atoms with E-state index in [1.807, 2.05) is 24.3 Å². The molecule has 0 unspecified atom stereocenters. The Bertz CT molecular complexity index is 557. The lowest BCUT2D eigenvalue weighted by Gasteiger charge is -2.14. The molecule has 18 heavy (non-hydrogen) atoms. The zero-order valence-electron chi connectivity index (χ0n) is 9.86. The molecule has 0 aliphatic rings. The number of hydrogen-bond donors (Lipinski definition) is 1. The Morgan fingerprint density at radius 2 is 1.89 bits per heavy atom. The van der Waals surface area contributed by atoms with E-state index in [0.717, 1.165) is 9.32 Å². The van der Waals surface area contributed by atoms with Crippen LogP contribution in [0.5, 0.6) is 11.5 Å². The monoisotopic (exact) mass is 357 g/mol. The van der Waals surface area contributed by atoms with E-state index < -0.39 is 0 Å². The molecule has 2 aromatic carbocycles. The van der Waals surface area contributed by atoms with Crippen molar-refractivity contribution in [2.75, 3.05) is 0 Å². The van der Waals surface area contributed by atoms with Gasteiger partial charge in [0.1, 0.15) is 17.3 Å². The van der Waals surface area contributed by atoms with Gasteiger partial charge in [-0.15, -0.1) is 0 Å². The van der Waals surface area contributed by atoms with Crippen molar-refractivity contribution in [3.63, 3.8) is 0 Å². The molecule has 2 N–H and O–H groups in total. The Morgan fingerprint density at radius 1 is 1.17 bits per heavy atom. The summed E-state index contributed by atoms with van der Waals surface area (Å²) in [5, 5.41) is 0. The fourth-order valence-electron chi connectivity index (χ4n) is 1.61. The molecule has 94 valence electrons. The average molecular weight is 357 g/mol. The van der Waals surface area contributed by atoms with E-state index in [9.17, 15) is 4.39 Å². The average Bonchev–Trinajstić information content (AvgIpc) is 2.34. The maximum atomic E-state index is 13.2. The summed E-state index contributed by atoms with van der Waals surface area (Å²) in [4.78, 5) is 0. The van der Waals surface area contributed by atoms with E-state index in [-0.39, 0.29) is 11.9 Å². The summed E-state index contributed by atoms with van der Waals surface area (Å²) in [6.07, 6.45) is 0. The number of ether oxygens (including phenoxy) is 1. The molecule has 0 spiro atoms. The fraction of sp³-hybridized carbons (Fsp3) is 0.143. The minimum absolute atomic E-state index is 0.280. The standard InChI is InChI=1S/C14H13FINO/c1-9(17)11-8-10(15)6-7-13(11)18-14-5-3-2-4-12(14)16/h2-9H,17H2,1H3/t9-/m1/s1. The SMILES string of the molecule is C[C@@H](N)c1cc(F)ccc1Oc1ccccc1I. The zero-order chi connectivity index (χ0) is 13.1. The van der Waals surface area contributed by atoms with E-state index in [4.69, 9.17) is 10.5 Å². The normalized spacial score (nSPS) is 12.2. The third kappa shape index (κ3) is 3.00. The van der Waals surface area contributed by atoms with Gasteiger partial charge < -0.3 is 10.5 Å². The third-order valence-corrected chi connectivity index (χ3v) is 3.41. The van der Waals surface area contributed by atoms with Crippen LogP contribution in [0.3, 0.4) is 0 Å². The molecule has 0 amide bonds. The summed E-state index contributed by atoms with van der Waals surface area (Å²) in [6, 6.07) is 11.8. The highest BCUT2D eigenvalue weighted by Crippen LogP contribution is 2.31.